The van der Waals surface area contributed by atoms with E-state index in [1.165, 1.54) is 12.8 Å². The van der Waals surface area contributed by atoms with Crippen LogP contribution in [-0.4, -0.2) is 52.9 Å². The molecular formula is C16H21N3OS. The fraction of sp³-hybridized carbons (Fsp3) is 0.500. The van der Waals surface area contributed by atoms with Gasteiger partial charge < -0.3 is 10.6 Å². The lowest BCUT2D eigenvalue weighted by atomic mass is 9.97. The maximum atomic E-state index is 12.8. The van der Waals surface area contributed by atoms with Gasteiger partial charge >= 0.3 is 0 Å². The molecule has 1 heterocycles. The maximum Gasteiger partial charge on any atom is 0.237 e. The van der Waals surface area contributed by atoms with Crippen LogP contribution in [0.15, 0.2) is 30.3 Å². The number of amides is 1. The molecule has 0 radical (unpaired) electrons. The van der Waals surface area contributed by atoms with Gasteiger partial charge in [-0.3, -0.25) is 9.69 Å². The number of carbonyl (C=O) groups is 1. The topological polar surface area (TPSA) is 49.6 Å². The second-order valence-electron chi connectivity index (χ2n) is 5.84. The summed E-state index contributed by atoms with van der Waals surface area (Å²) in [5.74, 6) is -0.446. The minimum Gasteiger partial charge on any atom is -0.392 e. The van der Waals surface area contributed by atoms with Crippen LogP contribution in [0.2, 0.25) is 0 Å². The van der Waals surface area contributed by atoms with Gasteiger partial charge in [0.25, 0.3) is 0 Å². The van der Waals surface area contributed by atoms with E-state index in [4.69, 9.17) is 18.0 Å². The number of thiocarbonyl (C=S) groups is 1. The summed E-state index contributed by atoms with van der Waals surface area (Å²) in [6, 6.07) is 10.4. The van der Waals surface area contributed by atoms with Crippen molar-refractivity contribution in [2.24, 2.45) is 5.73 Å². The molecule has 2 fully saturated rings. The molecule has 1 saturated heterocycles. The highest BCUT2D eigenvalue weighted by molar-refractivity contribution is 7.80. The van der Waals surface area contributed by atoms with Crippen molar-refractivity contribution in [3.63, 3.8) is 0 Å². The number of nitrogens with two attached hydrogens (primary N) is 1. The van der Waals surface area contributed by atoms with E-state index < -0.39 is 5.92 Å². The smallest absolute Gasteiger partial charge is 0.237 e. The molecule has 1 amide bonds. The predicted octanol–water partition coefficient (Wildman–Crippen LogP) is 1.36. The Morgan fingerprint density at radius 1 is 1.14 bits per heavy atom. The largest absolute Gasteiger partial charge is 0.392 e. The highest BCUT2D eigenvalue weighted by Crippen LogP contribution is 2.28. The van der Waals surface area contributed by atoms with Crippen molar-refractivity contribution in [1.82, 2.24) is 9.80 Å². The van der Waals surface area contributed by atoms with E-state index in [1.807, 2.05) is 35.2 Å². The molecule has 1 aromatic carbocycles. The molecule has 0 spiro atoms. The number of nitrogens with zero attached hydrogens (tertiary/aromatic N) is 2. The summed E-state index contributed by atoms with van der Waals surface area (Å²) in [5, 5.41) is 0. The summed E-state index contributed by atoms with van der Waals surface area (Å²) < 4.78 is 0. The first-order chi connectivity index (χ1) is 10.2. The summed E-state index contributed by atoms with van der Waals surface area (Å²) in [5.41, 5.74) is 6.72. The van der Waals surface area contributed by atoms with Gasteiger partial charge in [0, 0.05) is 32.2 Å². The van der Waals surface area contributed by atoms with Crippen LogP contribution in [0, 0.1) is 0 Å². The van der Waals surface area contributed by atoms with Gasteiger partial charge in [-0.2, -0.15) is 0 Å². The lowest BCUT2D eigenvalue weighted by Gasteiger charge is -2.36. The standard InChI is InChI=1S/C16H21N3OS/c17-15(21)14(12-4-2-1-3-5-12)16(20)19-10-8-18(9-11-19)13-6-7-13/h1-5,13-14H,6-11H2,(H2,17,21). The lowest BCUT2D eigenvalue weighted by molar-refractivity contribution is -0.133. The Labute approximate surface area is 130 Å². The quantitative estimate of drug-likeness (QED) is 0.854. The Bertz CT molecular complexity index is 522. The molecule has 1 atom stereocenters. The van der Waals surface area contributed by atoms with E-state index in [-0.39, 0.29) is 10.9 Å². The molecule has 1 saturated carbocycles. The summed E-state index contributed by atoms with van der Waals surface area (Å²) in [6.45, 7) is 3.49. The normalized spacial score (nSPS) is 21.0. The highest BCUT2D eigenvalue weighted by atomic mass is 32.1. The summed E-state index contributed by atoms with van der Waals surface area (Å²) in [4.78, 5) is 17.4. The van der Waals surface area contributed by atoms with Crippen molar-refractivity contribution >= 4 is 23.1 Å². The number of hydrogen-bond acceptors (Lipinski definition) is 3. The third-order valence-electron chi connectivity index (χ3n) is 4.35. The molecule has 4 nitrogen and oxygen atoms in total. The summed E-state index contributed by atoms with van der Waals surface area (Å²) in [6.07, 6.45) is 2.63. The first-order valence-corrected chi connectivity index (χ1v) is 7.95. The molecule has 1 unspecified atom stereocenters. The molecule has 0 bridgehead atoms. The molecule has 1 aliphatic carbocycles. The first-order valence-electron chi connectivity index (χ1n) is 7.54. The molecule has 0 aromatic heterocycles. The van der Waals surface area contributed by atoms with E-state index in [0.717, 1.165) is 37.8 Å². The number of rotatable bonds is 4. The first kappa shape index (κ1) is 14.5. The number of carbonyl (C=O) groups excluding carboxylic acids is 1. The zero-order valence-electron chi connectivity index (χ0n) is 12.1. The van der Waals surface area contributed by atoms with Gasteiger partial charge in [-0.05, 0) is 18.4 Å². The SMILES string of the molecule is NC(=S)C(C(=O)N1CCN(C2CC2)CC1)c1ccccc1. The van der Waals surface area contributed by atoms with Crippen LogP contribution in [0.4, 0.5) is 0 Å². The van der Waals surface area contributed by atoms with E-state index in [9.17, 15) is 4.79 Å². The van der Waals surface area contributed by atoms with Gasteiger partial charge in [-0.15, -0.1) is 0 Å². The Hall–Kier alpha value is -1.46. The summed E-state index contributed by atoms with van der Waals surface area (Å²) >= 11 is 5.14. The van der Waals surface area contributed by atoms with Crippen LogP contribution in [-0.2, 0) is 4.79 Å². The van der Waals surface area contributed by atoms with Crippen molar-refractivity contribution in [2.75, 3.05) is 26.2 Å². The van der Waals surface area contributed by atoms with Crippen LogP contribution < -0.4 is 5.73 Å². The van der Waals surface area contributed by atoms with Crippen LogP contribution >= 0.6 is 12.2 Å². The van der Waals surface area contributed by atoms with Gasteiger partial charge in [-0.25, -0.2) is 0 Å². The highest BCUT2D eigenvalue weighted by Gasteiger charge is 2.34. The Morgan fingerprint density at radius 2 is 1.76 bits per heavy atom. The molecule has 112 valence electrons. The van der Waals surface area contributed by atoms with Crippen LogP contribution in [0.5, 0.6) is 0 Å². The van der Waals surface area contributed by atoms with Crippen molar-refractivity contribution < 1.29 is 4.79 Å². The van der Waals surface area contributed by atoms with Crippen molar-refractivity contribution in [3.05, 3.63) is 35.9 Å². The molecule has 2 aliphatic rings. The van der Waals surface area contributed by atoms with Crippen LogP contribution in [0.3, 0.4) is 0 Å². The fourth-order valence-electron chi connectivity index (χ4n) is 3.00. The van der Waals surface area contributed by atoms with Crippen molar-refractivity contribution in [1.29, 1.82) is 0 Å². The second-order valence-corrected chi connectivity index (χ2v) is 6.31. The molecule has 1 aliphatic heterocycles. The Kier molecular flexibility index (Phi) is 4.22. The molecule has 1 aromatic rings. The van der Waals surface area contributed by atoms with E-state index in [1.54, 1.807) is 0 Å². The van der Waals surface area contributed by atoms with E-state index >= 15 is 0 Å². The molecular weight excluding hydrogens is 282 g/mol. The van der Waals surface area contributed by atoms with Crippen molar-refractivity contribution in [2.45, 2.75) is 24.8 Å². The Morgan fingerprint density at radius 3 is 2.29 bits per heavy atom. The monoisotopic (exact) mass is 303 g/mol. The lowest BCUT2D eigenvalue weighted by Crippen LogP contribution is -2.51. The average molecular weight is 303 g/mol. The number of piperazine rings is 1. The van der Waals surface area contributed by atoms with Crippen molar-refractivity contribution in [3.8, 4) is 0 Å². The van der Waals surface area contributed by atoms with Gasteiger partial charge in [0.2, 0.25) is 5.91 Å². The maximum absolute atomic E-state index is 12.8. The molecule has 3 rings (SSSR count). The zero-order valence-corrected chi connectivity index (χ0v) is 12.9. The molecule has 2 N–H and O–H groups in total. The third-order valence-corrected chi connectivity index (χ3v) is 4.59. The summed E-state index contributed by atoms with van der Waals surface area (Å²) in [7, 11) is 0. The van der Waals surface area contributed by atoms with Gasteiger partial charge in [-0.1, -0.05) is 42.5 Å². The van der Waals surface area contributed by atoms with Gasteiger partial charge in [0.05, 0.1) is 4.99 Å². The van der Waals surface area contributed by atoms with E-state index in [0.29, 0.717) is 0 Å². The predicted molar refractivity (Wildman–Crippen MR) is 87.1 cm³/mol. The number of hydrogen-bond donors (Lipinski definition) is 1. The molecule has 5 heteroatoms. The van der Waals surface area contributed by atoms with Crippen LogP contribution in [0.25, 0.3) is 0 Å². The molecule has 21 heavy (non-hydrogen) atoms. The Balaban J connectivity index is 1.68. The minimum atomic E-state index is -0.492. The third kappa shape index (κ3) is 3.24. The van der Waals surface area contributed by atoms with Gasteiger partial charge in [0.1, 0.15) is 5.92 Å². The second kappa shape index (κ2) is 6.12. The van der Waals surface area contributed by atoms with Crippen LogP contribution in [0.1, 0.15) is 24.3 Å². The average Bonchev–Trinajstić information content (AvgIpc) is 3.33. The number of benzene rings is 1. The fourth-order valence-corrected chi connectivity index (χ4v) is 3.24. The minimum absolute atomic E-state index is 0.0455. The van der Waals surface area contributed by atoms with Gasteiger partial charge in [0.15, 0.2) is 0 Å². The zero-order chi connectivity index (χ0) is 14.8. The van der Waals surface area contributed by atoms with E-state index in [2.05, 4.69) is 4.90 Å².